The Hall–Kier alpha value is -3.53. The Labute approximate surface area is 243 Å². The molecular weight excluding hydrogens is 569 g/mol. The van der Waals surface area contributed by atoms with Crippen LogP contribution in [-0.4, -0.2) is 19.9 Å². The molecule has 1 unspecified atom stereocenters. The first-order valence-corrected chi connectivity index (χ1v) is 14.9. The Morgan fingerprint density at radius 2 is 1.02 bits per heavy atom. The lowest BCUT2D eigenvalue weighted by atomic mass is 9.69. The van der Waals surface area contributed by atoms with E-state index in [2.05, 4.69) is 0 Å². The van der Waals surface area contributed by atoms with Crippen molar-refractivity contribution >= 4 is 16.1 Å². The van der Waals surface area contributed by atoms with Gasteiger partial charge in [0.05, 0.1) is 16.7 Å². The monoisotopic (exact) mass is 602 g/mol. The van der Waals surface area contributed by atoms with Gasteiger partial charge in [0.25, 0.3) is 0 Å². The Balaban J connectivity index is 2.03. The number of fused-ring (bicyclic) bond motifs is 6. The fraction of sp³-hybridized carbons (Fsp3) is 0.406. The van der Waals surface area contributed by atoms with Gasteiger partial charge < -0.3 is 13.7 Å². The number of alkyl halides is 3. The third-order valence-electron chi connectivity index (χ3n) is 9.69. The number of hydrogen-bond acceptors (Lipinski definition) is 6. The number of rotatable bonds is 2. The number of hydrogen-bond donors (Lipinski definition) is 0. The third kappa shape index (κ3) is 3.56. The first kappa shape index (κ1) is 29.9. The predicted molar refractivity (Wildman–Crippen MR) is 152 cm³/mol. The average Bonchev–Trinajstić information content (AvgIpc) is 3.20. The van der Waals surface area contributed by atoms with Crippen molar-refractivity contribution in [1.29, 1.82) is 0 Å². The molecule has 2 aliphatic heterocycles. The summed E-state index contributed by atoms with van der Waals surface area (Å²) >= 11 is 0. The van der Waals surface area contributed by atoms with E-state index >= 15 is 0 Å². The predicted octanol–water partition coefficient (Wildman–Crippen LogP) is 7.88. The summed E-state index contributed by atoms with van der Waals surface area (Å²) in [7, 11) is -5.98. The molecule has 10 heteroatoms. The SMILES string of the molecule is Cc1c(C)c(C)c2c(c1C)Oc1c(C)c(OS(=O)(=O)C(F)(F)F)c(C)c(C)c1C21OC(=O)c2c(C)c(C)c(C)c(C)c21. The molecule has 42 heavy (non-hydrogen) atoms. The van der Waals surface area contributed by atoms with Gasteiger partial charge in [-0.3, -0.25) is 0 Å². The van der Waals surface area contributed by atoms with E-state index in [9.17, 15) is 26.4 Å². The number of ether oxygens (including phenoxy) is 2. The molecule has 0 saturated heterocycles. The van der Waals surface area contributed by atoms with Crippen molar-refractivity contribution in [1.82, 2.24) is 0 Å². The molecule has 1 spiro atoms. The van der Waals surface area contributed by atoms with Crippen molar-refractivity contribution in [2.45, 2.75) is 87.3 Å². The lowest BCUT2D eigenvalue weighted by Crippen LogP contribution is -2.37. The van der Waals surface area contributed by atoms with Crippen LogP contribution in [0.15, 0.2) is 0 Å². The number of benzene rings is 3. The van der Waals surface area contributed by atoms with E-state index in [1.165, 1.54) is 13.8 Å². The van der Waals surface area contributed by atoms with Gasteiger partial charge in [-0.1, -0.05) is 0 Å². The molecule has 6 nitrogen and oxygen atoms in total. The van der Waals surface area contributed by atoms with Crippen molar-refractivity contribution in [3.8, 4) is 17.2 Å². The molecule has 5 rings (SSSR count). The van der Waals surface area contributed by atoms with Crippen molar-refractivity contribution in [2.75, 3.05) is 0 Å². The summed E-state index contributed by atoms with van der Waals surface area (Å²) in [4.78, 5) is 13.9. The first-order chi connectivity index (χ1) is 19.2. The van der Waals surface area contributed by atoms with Gasteiger partial charge in [0.15, 0.2) is 11.4 Å². The summed E-state index contributed by atoms with van der Waals surface area (Å²) in [5.74, 6) is -0.481. The smallest absolute Gasteiger partial charge is 0.456 e. The highest BCUT2D eigenvalue weighted by molar-refractivity contribution is 7.88. The maximum absolute atomic E-state index is 13.9. The lowest BCUT2D eigenvalue weighted by Gasteiger charge is -2.42. The number of carbonyl (C=O) groups excluding carboxylic acids is 1. The number of halogens is 3. The minimum atomic E-state index is -5.98. The zero-order valence-corrected chi connectivity index (χ0v) is 26.3. The van der Waals surface area contributed by atoms with Crippen LogP contribution in [0, 0.1) is 76.2 Å². The molecule has 2 heterocycles. The van der Waals surface area contributed by atoms with Crippen LogP contribution >= 0.6 is 0 Å². The molecule has 3 aromatic carbocycles. The molecule has 0 amide bonds. The highest BCUT2D eigenvalue weighted by Crippen LogP contribution is 2.62. The Kier molecular flexibility index (Phi) is 6.41. The summed E-state index contributed by atoms with van der Waals surface area (Å²) in [5.41, 5.74) is 2.77. The van der Waals surface area contributed by atoms with Crippen molar-refractivity contribution in [2.24, 2.45) is 0 Å². The largest absolute Gasteiger partial charge is 0.534 e. The van der Waals surface area contributed by atoms with E-state index in [0.29, 0.717) is 33.6 Å². The van der Waals surface area contributed by atoms with Crippen molar-refractivity contribution in [3.05, 3.63) is 83.5 Å². The van der Waals surface area contributed by atoms with Crippen LogP contribution in [0.4, 0.5) is 13.2 Å². The highest BCUT2D eigenvalue weighted by Gasteiger charge is 2.58. The minimum absolute atomic E-state index is 0.0453. The molecule has 0 radical (unpaired) electrons. The molecule has 0 bridgehead atoms. The maximum Gasteiger partial charge on any atom is 0.534 e. The summed E-state index contributed by atoms with van der Waals surface area (Å²) in [6, 6.07) is 0. The summed E-state index contributed by atoms with van der Waals surface area (Å²) < 4.78 is 82.3. The molecule has 224 valence electrons. The van der Waals surface area contributed by atoms with Crippen LogP contribution in [0.25, 0.3) is 0 Å². The Morgan fingerprint density at radius 1 is 0.595 bits per heavy atom. The van der Waals surface area contributed by atoms with E-state index in [1.54, 1.807) is 6.92 Å². The molecule has 0 saturated carbocycles. The molecule has 3 aromatic rings. The average molecular weight is 603 g/mol. The van der Waals surface area contributed by atoms with Gasteiger partial charge >= 0.3 is 21.6 Å². The van der Waals surface area contributed by atoms with Gasteiger partial charge in [-0.25, -0.2) is 4.79 Å². The van der Waals surface area contributed by atoms with Crippen LogP contribution in [-0.2, 0) is 20.5 Å². The van der Waals surface area contributed by atoms with Gasteiger partial charge in [-0.05, 0) is 132 Å². The van der Waals surface area contributed by atoms with E-state index in [4.69, 9.17) is 13.7 Å². The quantitative estimate of drug-likeness (QED) is 0.169. The maximum atomic E-state index is 13.9. The molecule has 1 atom stereocenters. The molecular formula is C32H33F3O6S. The second-order valence-corrected chi connectivity index (χ2v) is 13.1. The number of carbonyl (C=O) groups is 1. The zero-order chi connectivity index (χ0) is 31.6. The van der Waals surface area contributed by atoms with Gasteiger partial charge in [-0.2, -0.15) is 21.6 Å². The normalized spacial score (nSPS) is 17.5. The minimum Gasteiger partial charge on any atom is -0.456 e. The molecule has 0 aromatic heterocycles. The van der Waals surface area contributed by atoms with Crippen LogP contribution in [0.5, 0.6) is 17.2 Å². The van der Waals surface area contributed by atoms with Crippen LogP contribution in [0.3, 0.4) is 0 Å². The summed E-state index contributed by atoms with van der Waals surface area (Å²) in [6.07, 6.45) is 0. The zero-order valence-electron chi connectivity index (χ0n) is 25.5. The molecule has 0 fully saturated rings. The first-order valence-electron chi connectivity index (χ1n) is 13.5. The third-order valence-corrected chi connectivity index (χ3v) is 10.6. The van der Waals surface area contributed by atoms with Gasteiger partial charge in [0.1, 0.15) is 11.5 Å². The van der Waals surface area contributed by atoms with E-state index < -0.39 is 32.9 Å². The van der Waals surface area contributed by atoms with Gasteiger partial charge in [-0.15, -0.1) is 0 Å². The second-order valence-electron chi connectivity index (χ2n) is 11.5. The number of esters is 1. The van der Waals surface area contributed by atoms with Crippen LogP contribution < -0.4 is 8.92 Å². The van der Waals surface area contributed by atoms with Crippen molar-refractivity contribution < 1.29 is 40.0 Å². The molecule has 0 N–H and O–H groups in total. The van der Waals surface area contributed by atoms with E-state index in [0.717, 1.165) is 44.5 Å². The van der Waals surface area contributed by atoms with Crippen molar-refractivity contribution in [3.63, 3.8) is 0 Å². The highest BCUT2D eigenvalue weighted by atomic mass is 32.2. The second kappa shape index (κ2) is 8.99. The Morgan fingerprint density at radius 3 is 1.55 bits per heavy atom. The standard InChI is InChI=1S/C32H33F3O6S/c1-12-13(2)17(6)24-23(16(12)5)30(36)40-31(24)25-18(7)14(3)15(4)20(9)28(25)39-29-22(11)27(21(10)19(8)26(29)31)41-42(37,38)32(33,34)35/h1-11H3. The van der Waals surface area contributed by atoms with Gasteiger partial charge in [0.2, 0.25) is 0 Å². The topological polar surface area (TPSA) is 78.9 Å². The van der Waals surface area contributed by atoms with Crippen LogP contribution in [0.1, 0.15) is 88.2 Å². The van der Waals surface area contributed by atoms with Gasteiger partial charge in [0, 0.05) is 11.1 Å². The molecule has 0 aliphatic carbocycles. The van der Waals surface area contributed by atoms with E-state index in [-0.39, 0.29) is 16.9 Å². The Bertz CT molecular complexity index is 1890. The lowest BCUT2D eigenvalue weighted by molar-refractivity contribution is -0.0500. The summed E-state index contributed by atoms with van der Waals surface area (Å²) in [6.45, 7) is 20.1. The molecule has 2 aliphatic rings. The van der Waals surface area contributed by atoms with Crippen LogP contribution in [0.2, 0.25) is 0 Å². The van der Waals surface area contributed by atoms with E-state index in [1.807, 2.05) is 55.4 Å². The fourth-order valence-corrected chi connectivity index (χ4v) is 7.15. The summed E-state index contributed by atoms with van der Waals surface area (Å²) in [5, 5.41) is 0. The fourth-order valence-electron chi connectivity index (χ4n) is 6.59.